The van der Waals surface area contributed by atoms with Crippen LogP contribution in [-0.4, -0.2) is 14.2 Å². The minimum Gasteiger partial charge on any atom is -0.497 e. The van der Waals surface area contributed by atoms with Crippen molar-refractivity contribution < 1.29 is 14.0 Å². The first-order valence-corrected chi connectivity index (χ1v) is 7.90. The quantitative estimate of drug-likeness (QED) is 0.521. The lowest BCUT2D eigenvalue weighted by atomic mass is 10.1. The van der Waals surface area contributed by atoms with Crippen LogP contribution in [0.1, 0.15) is 0 Å². The third-order valence-electron chi connectivity index (χ3n) is 4.07. The van der Waals surface area contributed by atoms with Gasteiger partial charge in [-0.1, -0.05) is 6.07 Å². The molecule has 2 aromatic heterocycles. The Bertz CT molecular complexity index is 1020. The number of hydrogen-bond acceptors (Lipinski definition) is 3. The predicted molar refractivity (Wildman–Crippen MR) is 91.1 cm³/mol. The van der Waals surface area contributed by atoms with Crippen LogP contribution in [-0.2, 0) is 7.05 Å². The van der Waals surface area contributed by atoms with E-state index in [0.717, 1.165) is 17.0 Å². The van der Waals surface area contributed by atoms with Crippen molar-refractivity contribution in [2.75, 3.05) is 14.2 Å². The molecule has 0 N–H and O–H groups in total. The van der Waals surface area contributed by atoms with Crippen molar-refractivity contribution >= 4 is 42.4 Å². The average molecular weight is 310 g/mol. The number of para-hydroxylation sites is 1. The second kappa shape index (κ2) is 4.85. The van der Waals surface area contributed by atoms with Crippen LogP contribution >= 0.6 is 11.3 Å². The first kappa shape index (κ1) is 13.3. The summed E-state index contributed by atoms with van der Waals surface area (Å²) in [6, 6.07) is 12.5. The fourth-order valence-corrected chi connectivity index (χ4v) is 4.26. The normalized spacial score (nSPS) is 11.4. The van der Waals surface area contributed by atoms with E-state index >= 15 is 0 Å². The van der Waals surface area contributed by atoms with Crippen LogP contribution in [0.4, 0.5) is 0 Å². The third-order valence-corrected chi connectivity index (χ3v) is 5.18. The topological polar surface area (TPSA) is 22.3 Å². The van der Waals surface area contributed by atoms with Gasteiger partial charge in [-0.05, 0) is 30.3 Å². The summed E-state index contributed by atoms with van der Waals surface area (Å²) < 4.78 is 15.6. The Morgan fingerprint density at radius 1 is 0.955 bits per heavy atom. The molecule has 0 amide bonds. The second-order valence-electron chi connectivity index (χ2n) is 5.30. The molecule has 0 atom stereocenters. The zero-order valence-corrected chi connectivity index (χ0v) is 13.5. The number of fused-ring (bicyclic) bond motifs is 5. The summed E-state index contributed by atoms with van der Waals surface area (Å²) in [4.78, 5) is 0. The summed E-state index contributed by atoms with van der Waals surface area (Å²) in [6.45, 7) is 0. The molecule has 0 aliphatic carbocycles. The molecule has 0 aliphatic rings. The van der Waals surface area contributed by atoms with E-state index < -0.39 is 0 Å². The van der Waals surface area contributed by atoms with Gasteiger partial charge < -0.3 is 9.47 Å². The van der Waals surface area contributed by atoms with Crippen LogP contribution in [0, 0.1) is 0 Å². The molecule has 2 aromatic carbocycles. The zero-order valence-electron chi connectivity index (χ0n) is 12.7. The van der Waals surface area contributed by atoms with E-state index in [2.05, 4.69) is 36.0 Å². The first-order valence-electron chi connectivity index (χ1n) is 7.08. The Balaban J connectivity index is 2.26. The number of aromatic nitrogens is 1. The Morgan fingerprint density at radius 2 is 1.82 bits per heavy atom. The van der Waals surface area contributed by atoms with Gasteiger partial charge >= 0.3 is 0 Å². The summed E-state index contributed by atoms with van der Waals surface area (Å²) in [5.74, 6) is 1.78. The number of ether oxygens (including phenoxy) is 2. The molecule has 0 unspecified atom stereocenters. The smallest absolute Gasteiger partial charge is 0.255 e. The highest BCUT2D eigenvalue weighted by Crippen LogP contribution is 2.40. The maximum atomic E-state index is 5.55. The van der Waals surface area contributed by atoms with E-state index in [1.165, 1.54) is 25.6 Å². The van der Waals surface area contributed by atoms with Gasteiger partial charge in [-0.2, -0.15) is 4.57 Å². The number of thiophene rings is 1. The van der Waals surface area contributed by atoms with Crippen LogP contribution in [0.3, 0.4) is 0 Å². The number of hydrogen-bond donors (Lipinski definition) is 0. The van der Waals surface area contributed by atoms with Crippen molar-refractivity contribution in [3.05, 3.63) is 42.6 Å². The van der Waals surface area contributed by atoms with Crippen LogP contribution in [0.15, 0.2) is 42.6 Å². The number of aryl methyl sites for hydroxylation is 1. The Morgan fingerprint density at radius 3 is 2.59 bits per heavy atom. The number of pyridine rings is 1. The first-order chi connectivity index (χ1) is 10.7. The molecule has 0 bridgehead atoms. The Labute approximate surface area is 132 Å². The Kier molecular flexibility index (Phi) is 2.94. The molecule has 0 saturated carbocycles. The van der Waals surface area contributed by atoms with E-state index in [4.69, 9.17) is 9.47 Å². The Hall–Kier alpha value is -2.33. The molecule has 3 nitrogen and oxygen atoms in total. The SMILES string of the molecule is COc1ccc2sc3c[n+](C)c4c(OC)cccc4c3c2c1. The largest absolute Gasteiger partial charge is 0.497 e. The molecule has 4 rings (SSSR count). The summed E-state index contributed by atoms with van der Waals surface area (Å²) in [6.07, 6.45) is 2.18. The summed E-state index contributed by atoms with van der Waals surface area (Å²) in [7, 11) is 5.49. The summed E-state index contributed by atoms with van der Waals surface area (Å²) >= 11 is 1.81. The monoisotopic (exact) mass is 310 g/mol. The molecule has 110 valence electrons. The summed E-state index contributed by atoms with van der Waals surface area (Å²) in [5, 5.41) is 3.71. The molecule has 4 aromatic rings. The lowest BCUT2D eigenvalue weighted by molar-refractivity contribution is -0.643. The van der Waals surface area contributed by atoms with Crippen molar-refractivity contribution in [1.29, 1.82) is 0 Å². The molecule has 2 heterocycles. The molecule has 0 fully saturated rings. The highest BCUT2D eigenvalue weighted by atomic mass is 32.1. The van der Waals surface area contributed by atoms with E-state index in [0.29, 0.717) is 0 Å². The van der Waals surface area contributed by atoms with Gasteiger partial charge in [-0.15, -0.1) is 11.3 Å². The van der Waals surface area contributed by atoms with Gasteiger partial charge in [0.2, 0.25) is 0 Å². The second-order valence-corrected chi connectivity index (χ2v) is 6.38. The maximum Gasteiger partial charge on any atom is 0.255 e. The average Bonchev–Trinajstić information content (AvgIpc) is 2.91. The molecule has 0 aliphatic heterocycles. The lowest BCUT2D eigenvalue weighted by Crippen LogP contribution is -2.28. The fraction of sp³-hybridized carbons (Fsp3) is 0.167. The highest BCUT2D eigenvalue weighted by molar-refractivity contribution is 7.26. The number of methoxy groups -OCH3 is 2. The van der Waals surface area contributed by atoms with Gasteiger partial charge in [0.25, 0.3) is 5.52 Å². The van der Waals surface area contributed by atoms with Gasteiger partial charge in [-0.3, -0.25) is 0 Å². The van der Waals surface area contributed by atoms with Gasteiger partial charge in [0, 0.05) is 15.5 Å². The van der Waals surface area contributed by atoms with Crippen LogP contribution in [0.2, 0.25) is 0 Å². The van der Waals surface area contributed by atoms with E-state index in [1.54, 1.807) is 25.6 Å². The minimum absolute atomic E-state index is 0.886. The third kappa shape index (κ3) is 1.77. The predicted octanol–water partition coefficient (Wildman–Crippen LogP) is 4.05. The highest BCUT2D eigenvalue weighted by Gasteiger charge is 2.19. The lowest BCUT2D eigenvalue weighted by Gasteiger charge is -2.05. The maximum absolute atomic E-state index is 5.55. The van der Waals surface area contributed by atoms with Crippen molar-refractivity contribution in [2.45, 2.75) is 0 Å². The molecule has 22 heavy (non-hydrogen) atoms. The molecular weight excluding hydrogens is 294 g/mol. The summed E-state index contributed by atoms with van der Waals surface area (Å²) in [5.41, 5.74) is 1.11. The van der Waals surface area contributed by atoms with Crippen molar-refractivity contribution in [2.24, 2.45) is 7.05 Å². The van der Waals surface area contributed by atoms with Crippen LogP contribution in [0.25, 0.3) is 31.1 Å². The van der Waals surface area contributed by atoms with E-state index in [-0.39, 0.29) is 0 Å². The molecule has 0 spiro atoms. The standard InChI is InChI=1S/C18H16NO2S/c1-19-10-16-17(12-5-4-6-14(21-3)18(12)19)13-9-11(20-2)7-8-15(13)22-16/h4-10H,1-3H3/q+1. The zero-order chi connectivity index (χ0) is 15.3. The minimum atomic E-state index is 0.886. The number of benzene rings is 2. The van der Waals surface area contributed by atoms with E-state index in [9.17, 15) is 0 Å². The van der Waals surface area contributed by atoms with Crippen LogP contribution < -0.4 is 14.0 Å². The molecule has 0 saturated heterocycles. The molecule has 0 radical (unpaired) electrons. The van der Waals surface area contributed by atoms with Crippen molar-refractivity contribution in [1.82, 2.24) is 0 Å². The van der Waals surface area contributed by atoms with Gasteiger partial charge in [0.05, 0.1) is 19.6 Å². The molecule has 4 heteroatoms. The van der Waals surface area contributed by atoms with Gasteiger partial charge in [-0.25, -0.2) is 0 Å². The fourth-order valence-electron chi connectivity index (χ4n) is 3.08. The van der Waals surface area contributed by atoms with Crippen LogP contribution in [0.5, 0.6) is 11.5 Å². The van der Waals surface area contributed by atoms with Crippen molar-refractivity contribution in [3.63, 3.8) is 0 Å². The van der Waals surface area contributed by atoms with Crippen molar-refractivity contribution in [3.8, 4) is 11.5 Å². The number of rotatable bonds is 2. The van der Waals surface area contributed by atoms with E-state index in [1.807, 2.05) is 18.2 Å². The number of nitrogens with zero attached hydrogens (tertiary/aromatic N) is 1. The van der Waals surface area contributed by atoms with Gasteiger partial charge in [0.15, 0.2) is 11.9 Å². The van der Waals surface area contributed by atoms with Gasteiger partial charge in [0.1, 0.15) is 17.5 Å². The molecular formula is C18H16NO2S+.